The third-order valence-corrected chi connectivity index (χ3v) is 3.67. The summed E-state index contributed by atoms with van der Waals surface area (Å²) in [4.78, 5) is 19.8. The lowest BCUT2D eigenvalue weighted by Crippen LogP contribution is -2.17. The molecule has 21 heavy (non-hydrogen) atoms. The van der Waals surface area contributed by atoms with Gasteiger partial charge >= 0.3 is 0 Å². The summed E-state index contributed by atoms with van der Waals surface area (Å²) in [6.45, 7) is 0.748. The number of anilines is 2. The molecule has 1 amide bonds. The first-order valence-corrected chi connectivity index (χ1v) is 7.20. The number of hydrogen-bond donors (Lipinski definition) is 2. The van der Waals surface area contributed by atoms with Gasteiger partial charge in [0.2, 0.25) is 11.2 Å². The van der Waals surface area contributed by atoms with E-state index in [9.17, 15) is 4.79 Å². The van der Waals surface area contributed by atoms with Crippen LogP contribution >= 0.6 is 23.2 Å². The van der Waals surface area contributed by atoms with Gasteiger partial charge in [-0.3, -0.25) is 4.79 Å². The van der Waals surface area contributed by atoms with E-state index in [1.165, 1.54) is 6.07 Å². The standard InChI is InChI=1S/C14H12Cl2N4O/c15-11-6-12(20-14(16)18-11)19-13(21)5-8-7-17-10-4-2-1-3-9(8)10/h1-4,6,8,17H,5,7H2,(H,18,19,20,21). The molecule has 7 heteroatoms. The number of fused-ring (bicyclic) bond motifs is 1. The molecular weight excluding hydrogens is 311 g/mol. The molecule has 2 N–H and O–H groups in total. The van der Waals surface area contributed by atoms with Crippen LogP contribution in [0.5, 0.6) is 0 Å². The fraction of sp³-hybridized carbons (Fsp3) is 0.214. The average Bonchev–Trinajstić information content (AvgIpc) is 2.81. The van der Waals surface area contributed by atoms with Crippen LogP contribution in [0.4, 0.5) is 11.5 Å². The minimum Gasteiger partial charge on any atom is -0.384 e. The largest absolute Gasteiger partial charge is 0.384 e. The highest BCUT2D eigenvalue weighted by Crippen LogP contribution is 2.33. The van der Waals surface area contributed by atoms with Gasteiger partial charge in [-0.25, -0.2) is 9.97 Å². The first-order chi connectivity index (χ1) is 10.1. The molecule has 0 fully saturated rings. The summed E-state index contributed by atoms with van der Waals surface area (Å²) < 4.78 is 0. The first kappa shape index (κ1) is 14.1. The fourth-order valence-electron chi connectivity index (χ4n) is 2.41. The molecule has 0 radical (unpaired) electrons. The molecule has 108 valence electrons. The van der Waals surface area contributed by atoms with E-state index < -0.39 is 0 Å². The first-order valence-electron chi connectivity index (χ1n) is 6.44. The van der Waals surface area contributed by atoms with Crippen LogP contribution in [0.15, 0.2) is 30.3 Å². The summed E-state index contributed by atoms with van der Waals surface area (Å²) >= 11 is 11.5. The number of hydrogen-bond acceptors (Lipinski definition) is 4. The number of carbonyl (C=O) groups excluding carboxylic acids is 1. The molecule has 5 nitrogen and oxygen atoms in total. The zero-order valence-corrected chi connectivity index (χ0v) is 12.4. The van der Waals surface area contributed by atoms with Crippen LogP contribution in [-0.4, -0.2) is 22.4 Å². The van der Waals surface area contributed by atoms with E-state index in [2.05, 4.69) is 20.6 Å². The van der Waals surface area contributed by atoms with Crippen LogP contribution in [0.25, 0.3) is 0 Å². The number of benzene rings is 1. The second-order valence-electron chi connectivity index (χ2n) is 4.76. The number of nitrogens with zero attached hydrogens (tertiary/aromatic N) is 2. The van der Waals surface area contributed by atoms with Crippen LogP contribution < -0.4 is 10.6 Å². The van der Waals surface area contributed by atoms with E-state index in [0.717, 1.165) is 17.8 Å². The van der Waals surface area contributed by atoms with E-state index >= 15 is 0 Å². The molecule has 0 aliphatic carbocycles. The molecule has 1 aliphatic heterocycles. The van der Waals surface area contributed by atoms with Gasteiger partial charge in [0.1, 0.15) is 11.0 Å². The second kappa shape index (κ2) is 5.87. The number of carbonyl (C=O) groups is 1. The number of amides is 1. The van der Waals surface area contributed by atoms with Crippen LogP contribution in [0.3, 0.4) is 0 Å². The van der Waals surface area contributed by atoms with Crippen LogP contribution in [0.2, 0.25) is 10.4 Å². The van der Waals surface area contributed by atoms with Gasteiger partial charge in [0.25, 0.3) is 0 Å². The SMILES string of the molecule is O=C(CC1CNc2ccccc21)Nc1cc(Cl)nc(Cl)n1. The van der Waals surface area contributed by atoms with Crippen molar-refractivity contribution in [3.63, 3.8) is 0 Å². The Bertz CT molecular complexity index is 672. The zero-order valence-electron chi connectivity index (χ0n) is 10.9. The summed E-state index contributed by atoms with van der Waals surface area (Å²) in [5.41, 5.74) is 2.25. The van der Waals surface area contributed by atoms with E-state index in [-0.39, 0.29) is 22.3 Å². The average molecular weight is 323 g/mol. The van der Waals surface area contributed by atoms with Gasteiger partial charge in [-0.2, -0.15) is 0 Å². The maximum atomic E-state index is 12.1. The van der Waals surface area contributed by atoms with Crippen LogP contribution in [-0.2, 0) is 4.79 Å². The Morgan fingerprint density at radius 3 is 2.95 bits per heavy atom. The maximum absolute atomic E-state index is 12.1. The molecule has 0 saturated heterocycles. The van der Waals surface area contributed by atoms with E-state index in [0.29, 0.717) is 12.2 Å². The molecule has 2 aromatic rings. The van der Waals surface area contributed by atoms with Crippen molar-refractivity contribution in [2.24, 2.45) is 0 Å². The van der Waals surface area contributed by atoms with Gasteiger partial charge in [0, 0.05) is 30.6 Å². The number of rotatable bonds is 3. The lowest BCUT2D eigenvalue weighted by Gasteiger charge is -2.10. The summed E-state index contributed by atoms with van der Waals surface area (Å²) in [5.74, 6) is 0.322. The molecule has 3 rings (SSSR count). The fourth-order valence-corrected chi connectivity index (χ4v) is 2.82. The quantitative estimate of drug-likeness (QED) is 0.672. The minimum absolute atomic E-state index is 0.00526. The minimum atomic E-state index is -0.135. The molecular formula is C14H12Cl2N4O. The molecule has 0 saturated carbocycles. The van der Waals surface area contributed by atoms with E-state index in [1.54, 1.807) is 0 Å². The maximum Gasteiger partial charge on any atom is 0.226 e. The van der Waals surface area contributed by atoms with Gasteiger partial charge in [0.15, 0.2) is 0 Å². The predicted molar refractivity (Wildman–Crippen MR) is 83.0 cm³/mol. The van der Waals surface area contributed by atoms with Crippen LogP contribution in [0, 0.1) is 0 Å². The van der Waals surface area contributed by atoms with Gasteiger partial charge in [-0.1, -0.05) is 29.8 Å². The summed E-state index contributed by atoms with van der Waals surface area (Å²) in [5, 5.41) is 6.18. The smallest absolute Gasteiger partial charge is 0.226 e. The molecule has 0 spiro atoms. The Kier molecular flexibility index (Phi) is 3.94. The Labute approximate surface area is 131 Å². The van der Waals surface area contributed by atoms with Gasteiger partial charge in [-0.05, 0) is 23.2 Å². The third-order valence-electron chi connectivity index (χ3n) is 3.31. The Hall–Kier alpha value is -1.85. The van der Waals surface area contributed by atoms with Gasteiger partial charge in [-0.15, -0.1) is 0 Å². The van der Waals surface area contributed by atoms with Crippen molar-refractivity contribution in [1.29, 1.82) is 0 Å². The lowest BCUT2D eigenvalue weighted by molar-refractivity contribution is -0.116. The number of halogens is 2. The highest BCUT2D eigenvalue weighted by atomic mass is 35.5. The van der Waals surface area contributed by atoms with Crippen molar-refractivity contribution in [2.75, 3.05) is 17.2 Å². The molecule has 1 atom stereocenters. The van der Waals surface area contributed by atoms with Crippen molar-refractivity contribution in [1.82, 2.24) is 9.97 Å². The summed E-state index contributed by atoms with van der Waals surface area (Å²) in [6, 6.07) is 9.45. The topological polar surface area (TPSA) is 66.9 Å². The van der Waals surface area contributed by atoms with E-state index in [4.69, 9.17) is 23.2 Å². The zero-order chi connectivity index (χ0) is 14.8. The van der Waals surface area contributed by atoms with Gasteiger partial charge in [0.05, 0.1) is 0 Å². The number of aromatic nitrogens is 2. The van der Waals surface area contributed by atoms with Crippen molar-refractivity contribution in [3.05, 3.63) is 46.3 Å². The third kappa shape index (κ3) is 3.25. The molecule has 0 bridgehead atoms. The number of nitrogens with one attached hydrogen (secondary N) is 2. The van der Waals surface area contributed by atoms with Crippen molar-refractivity contribution >= 4 is 40.6 Å². The summed E-state index contributed by atoms with van der Waals surface area (Å²) in [6.07, 6.45) is 0.364. The normalized spacial score (nSPS) is 16.2. The predicted octanol–water partition coefficient (Wildman–Crippen LogP) is 3.32. The Balaban J connectivity index is 1.68. The second-order valence-corrected chi connectivity index (χ2v) is 5.49. The van der Waals surface area contributed by atoms with E-state index in [1.807, 2.05) is 24.3 Å². The highest BCUT2D eigenvalue weighted by molar-refractivity contribution is 6.32. The molecule has 1 aromatic heterocycles. The highest BCUT2D eigenvalue weighted by Gasteiger charge is 2.24. The molecule has 1 aliphatic rings. The molecule has 1 aromatic carbocycles. The van der Waals surface area contributed by atoms with Crippen molar-refractivity contribution < 1.29 is 4.79 Å². The lowest BCUT2D eigenvalue weighted by atomic mass is 9.98. The van der Waals surface area contributed by atoms with Gasteiger partial charge < -0.3 is 10.6 Å². The van der Waals surface area contributed by atoms with Crippen molar-refractivity contribution in [2.45, 2.75) is 12.3 Å². The van der Waals surface area contributed by atoms with Crippen molar-refractivity contribution in [3.8, 4) is 0 Å². The summed E-state index contributed by atoms with van der Waals surface area (Å²) in [7, 11) is 0. The number of para-hydroxylation sites is 1. The molecule has 2 heterocycles. The Morgan fingerprint density at radius 2 is 2.14 bits per heavy atom. The molecule has 1 unspecified atom stereocenters. The monoisotopic (exact) mass is 322 g/mol. The Morgan fingerprint density at radius 1 is 1.33 bits per heavy atom. The van der Waals surface area contributed by atoms with Crippen LogP contribution in [0.1, 0.15) is 17.9 Å².